The number of nitrogens with zero attached hydrogens (tertiary/aromatic N) is 1. The second kappa shape index (κ2) is 12.9. The first-order valence-electron chi connectivity index (χ1n) is 11.6. The molecule has 1 aliphatic rings. The molecule has 2 rings (SSSR count). The van der Waals surface area contributed by atoms with Crippen LogP contribution in [0.3, 0.4) is 0 Å². The van der Waals surface area contributed by atoms with E-state index in [9.17, 15) is 29.4 Å². The number of carboxylic acids is 1. The number of likely N-dealkylation sites (tertiary alicyclic amines) is 1. The normalized spacial score (nSPS) is 18.5. The molecule has 0 aromatic heterocycles. The van der Waals surface area contributed by atoms with E-state index in [0.717, 1.165) is 10.5 Å². The summed E-state index contributed by atoms with van der Waals surface area (Å²) in [7, 11) is 0. The molecule has 1 heterocycles. The van der Waals surface area contributed by atoms with Crippen molar-refractivity contribution in [3.63, 3.8) is 0 Å². The monoisotopic (exact) mass is 493 g/mol. The molecule has 3 atom stereocenters. The molecule has 0 aliphatic carbocycles. The van der Waals surface area contributed by atoms with E-state index in [2.05, 4.69) is 10.6 Å². The zero-order chi connectivity index (χ0) is 26.0. The fourth-order valence-corrected chi connectivity index (χ4v) is 3.66. The van der Waals surface area contributed by atoms with Crippen LogP contribution in [0.1, 0.15) is 52.0 Å². The van der Waals surface area contributed by atoms with E-state index < -0.39 is 47.9 Å². The number of carbonyl (C=O) groups excluding carboxylic acids is 3. The summed E-state index contributed by atoms with van der Waals surface area (Å²) in [5, 5.41) is 24.6. The minimum absolute atomic E-state index is 0.00751. The Morgan fingerprint density at radius 3 is 2.43 bits per heavy atom. The summed E-state index contributed by atoms with van der Waals surface area (Å²) in [6.45, 7) is 5.64. The van der Waals surface area contributed by atoms with Gasteiger partial charge in [0.25, 0.3) is 0 Å². The van der Waals surface area contributed by atoms with Gasteiger partial charge in [0.1, 0.15) is 18.2 Å². The minimum Gasteiger partial charge on any atom is -0.480 e. The second-order valence-electron chi connectivity index (χ2n) is 9.35. The lowest BCUT2D eigenvalue weighted by Crippen LogP contribution is -2.53. The molecular weight excluding hydrogens is 458 g/mol. The van der Waals surface area contributed by atoms with Crippen molar-refractivity contribution in [2.24, 2.45) is 0 Å². The Kier molecular flexibility index (Phi) is 10.3. The molecule has 0 radical (unpaired) electrons. The maximum atomic E-state index is 13.1. The van der Waals surface area contributed by atoms with Gasteiger partial charge in [0.05, 0.1) is 6.10 Å². The van der Waals surface area contributed by atoms with E-state index in [-0.39, 0.29) is 26.0 Å². The topological polar surface area (TPSA) is 154 Å². The van der Waals surface area contributed by atoms with Crippen molar-refractivity contribution in [2.75, 3.05) is 13.1 Å². The number of unbranched alkanes of at least 4 members (excludes halogenated alkanes) is 1. The fourth-order valence-electron chi connectivity index (χ4n) is 3.66. The van der Waals surface area contributed by atoms with Gasteiger partial charge in [0, 0.05) is 13.1 Å². The summed E-state index contributed by atoms with van der Waals surface area (Å²) < 4.78 is 10.4. The number of hydrogen-bond acceptors (Lipinski definition) is 7. The molecule has 11 heteroatoms. The Hall–Kier alpha value is -3.34. The number of hydrogen-bond donors (Lipinski definition) is 4. The van der Waals surface area contributed by atoms with Gasteiger partial charge < -0.3 is 35.2 Å². The highest BCUT2D eigenvalue weighted by molar-refractivity contribution is 5.90. The molecule has 35 heavy (non-hydrogen) atoms. The first-order valence-corrected chi connectivity index (χ1v) is 11.6. The van der Waals surface area contributed by atoms with Crippen molar-refractivity contribution in [1.29, 1.82) is 0 Å². The third kappa shape index (κ3) is 9.44. The van der Waals surface area contributed by atoms with Gasteiger partial charge >= 0.3 is 18.2 Å². The van der Waals surface area contributed by atoms with Crippen LogP contribution in [0.5, 0.6) is 0 Å². The Morgan fingerprint density at radius 2 is 1.80 bits per heavy atom. The average molecular weight is 494 g/mol. The Labute approximate surface area is 204 Å². The van der Waals surface area contributed by atoms with Crippen LogP contribution in [-0.4, -0.2) is 76.1 Å². The molecule has 0 bridgehead atoms. The van der Waals surface area contributed by atoms with Crippen LogP contribution in [-0.2, 0) is 25.7 Å². The molecule has 0 saturated carbocycles. The molecule has 1 aromatic rings. The van der Waals surface area contributed by atoms with Crippen molar-refractivity contribution in [2.45, 2.75) is 76.9 Å². The Balaban J connectivity index is 1.95. The van der Waals surface area contributed by atoms with Gasteiger partial charge in [-0.25, -0.2) is 14.4 Å². The van der Waals surface area contributed by atoms with Crippen molar-refractivity contribution in [3.05, 3.63) is 35.9 Å². The Morgan fingerprint density at radius 1 is 1.11 bits per heavy atom. The summed E-state index contributed by atoms with van der Waals surface area (Å²) in [4.78, 5) is 49.9. The van der Waals surface area contributed by atoms with E-state index >= 15 is 0 Å². The maximum absolute atomic E-state index is 13.1. The van der Waals surface area contributed by atoms with Crippen LogP contribution in [0.15, 0.2) is 30.3 Å². The number of carbonyl (C=O) groups is 4. The number of ether oxygens (including phenoxy) is 2. The fraction of sp³-hybridized carbons (Fsp3) is 0.583. The highest BCUT2D eigenvalue weighted by Gasteiger charge is 2.43. The molecule has 11 nitrogen and oxygen atoms in total. The molecule has 1 unspecified atom stereocenters. The molecule has 194 valence electrons. The van der Waals surface area contributed by atoms with Crippen LogP contribution in [0, 0.1) is 0 Å². The lowest BCUT2D eigenvalue weighted by atomic mass is 10.1. The largest absolute Gasteiger partial charge is 0.480 e. The minimum atomic E-state index is -1.37. The van der Waals surface area contributed by atoms with Crippen LogP contribution in [0.2, 0.25) is 0 Å². The number of benzene rings is 1. The van der Waals surface area contributed by atoms with E-state index in [1.165, 1.54) is 0 Å². The number of carboxylic acid groups (broad SMARTS) is 1. The molecule has 1 saturated heterocycles. The maximum Gasteiger partial charge on any atom is 0.408 e. The van der Waals surface area contributed by atoms with Gasteiger partial charge in [-0.2, -0.15) is 0 Å². The van der Waals surface area contributed by atoms with Crippen molar-refractivity contribution in [3.8, 4) is 0 Å². The number of nitrogens with one attached hydrogen (secondary N) is 2. The zero-order valence-electron chi connectivity index (χ0n) is 20.4. The SMILES string of the molecule is CC(C)(C)OC(=O)NCCCC[C@H](NC(=O)OCc1ccccc1)C(=O)N1CCC(O)[C@H]1C(=O)O. The second-order valence-corrected chi connectivity index (χ2v) is 9.35. The molecule has 1 fully saturated rings. The highest BCUT2D eigenvalue weighted by atomic mass is 16.6. The smallest absolute Gasteiger partial charge is 0.408 e. The third-order valence-corrected chi connectivity index (χ3v) is 5.29. The van der Waals surface area contributed by atoms with Gasteiger partial charge in [0.15, 0.2) is 6.04 Å². The van der Waals surface area contributed by atoms with Crippen molar-refractivity contribution >= 4 is 24.1 Å². The molecule has 0 spiro atoms. The van der Waals surface area contributed by atoms with Gasteiger partial charge in [-0.1, -0.05) is 30.3 Å². The van der Waals surface area contributed by atoms with Gasteiger partial charge in [0.2, 0.25) is 5.91 Å². The van der Waals surface area contributed by atoms with Gasteiger partial charge in [-0.3, -0.25) is 4.79 Å². The van der Waals surface area contributed by atoms with Crippen molar-refractivity contribution < 1.29 is 38.9 Å². The molecular formula is C24H35N3O8. The van der Waals surface area contributed by atoms with Crippen LogP contribution >= 0.6 is 0 Å². The summed E-state index contributed by atoms with van der Waals surface area (Å²) >= 11 is 0. The first kappa shape index (κ1) is 27.9. The van der Waals surface area contributed by atoms with Crippen LogP contribution in [0.25, 0.3) is 0 Å². The third-order valence-electron chi connectivity index (χ3n) is 5.29. The average Bonchev–Trinajstić information content (AvgIpc) is 3.17. The lowest BCUT2D eigenvalue weighted by molar-refractivity contribution is -0.151. The molecule has 1 aliphatic heterocycles. The molecule has 4 N–H and O–H groups in total. The van der Waals surface area contributed by atoms with Gasteiger partial charge in [-0.15, -0.1) is 0 Å². The number of aliphatic carboxylic acids is 1. The zero-order valence-corrected chi connectivity index (χ0v) is 20.4. The predicted molar refractivity (Wildman–Crippen MR) is 125 cm³/mol. The number of amides is 3. The van der Waals surface area contributed by atoms with E-state index in [1.54, 1.807) is 45.0 Å². The van der Waals surface area contributed by atoms with E-state index in [4.69, 9.17) is 9.47 Å². The quantitative estimate of drug-likeness (QED) is 0.361. The number of aliphatic hydroxyl groups excluding tert-OH is 1. The van der Waals surface area contributed by atoms with Crippen LogP contribution < -0.4 is 10.6 Å². The standard InChI is InChI=1S/C24H35N3O8/c1-24(2,3)35-22(32)25-13-8-7-11-17(20(29)27-14-12-18(28)19(27)21(30)31)26-23(33)34-15-16-9-5-4-6-10-16/h4-6,9-10,17-19,28H,7-8,11-15H2,1-3H3,(H,25,32)(H,26,33)(H,30,31)/t17-,18?,19-/m0/s1. The highest BCUT2D eigenvalue weighted by Crippen LogP contribution is 2.21. The van der Waals surface area contributed by atoms with Gasteiger partial charge in [-0.05, 0) is 52.0 Å². The lowest BCUT2D eigenvalue weighted by Gasteiger charge is -2.28. The van der Waals surface area contributed by atoms with E-state index in [0.29, 0.717) is 19.4 Å². The first-order chi connectivity index (χ1) is 16.5. The number of alkyl carbamates (subject to hydrolysis) is 2. The summed E-state index contributed by atoms with van der Waals surface area (Å²) in [6.07, 6.45) is -1.29. The number of aliphatic hydroxyl groups is 1. The van der Waals surface area contributed by atoms with Crippen molar-refractivity contribution in [1.82, 2.24) is 15.5 Å². The predicted octanol–water partition coefficient (Wildman–Crippen LogP) is 2.02. The summed E-state index contributed by atoms with van der Waals surface area (Å²) in [5.41, 5.74) is 0.152. The number of rotatable bonds is 10. The molecule has 3 amide bonds. The summed E-state index contributed by atoms with van der Waals surface area (Å²) in [5.74, 6) is -1.92. The van der Waals surface area contributed by atoms with Crippen LogP contribution in [0.4, 0.5) is 9.59 Å². The Bertz CT molecular complexity index is 871. The van der Waals surface area contributed by atoms with E-state index in [1.807, 2.05) is 6.07 Å². The molecule has 1 aromatic carbocycles. The summed E-state index contributed by atoms with van der Waals surface area (Å²) in [6, 6.07) is 6.60.